The van der Waals surface area contributed by atoms with E-state index in [1.165, 1.54) is 5.56 Å². The minimum Gasteiger partial charge on any atom is -0.465 e. The summed E-state index contributed by atoms with van der Waals surface area (Å²) in [6, 6.07) is 10.4. The monoisotopic (exact) mass is 290 g/mol. The Labute approximate surface area is 127 Å². The van der Waals surface area contributed by atoms with E-state index in [0.29, 0.717) is 6.61 Å². The van der Waals surface area contributed by atoms with Gasteiger partial charge in [0, 0.05) is 19.1 Å². The van der Waals surface area contributed by atoms with E-state index in [-0.39, 0.29) is 12.0 Å². The Morgan fingerprint density at radius 2 is 2.14 bits per heavy atom. The second-order valence-electron chi connectivity index (χ2n) is 6.08. The summed E-state index contributed by atoms with van der Waals surface area (Å²) in [4.78, 5) is 14.6. The number of hydrogen-bond acceptors (Lipinski definition) is 4. The number of nitrogens with zero attached hydrogens (tertiary/aromatic N) is 1. The Hall–Kier alpha value is -1.39. The first-order chi connectivity index (χ1) is 10.1. The van der Waals surface area contributed by atoms with Crippen LogP contribution >= 0.6 is 0 Å². The average Bonchev–Trinajstić information content (AvgIpc) is 2.47. The van der Waals surface area contributed by atoms with E-state index in [2.05, 4.69) is 29.4 Å². The maximum absolute atomic E-state index is 12.4. The lowest BCUT2D eigenvalue weighted by Gasteiger charge is -2.43. The Kier molecular flexibility index (Phi) is 5.37. The van der Waals surface area contributed by atoms with Gasteiger partial charge in [-0.05, 0) is 39.4 Å². The molecule has 0 bridgehead atoms. The number of piperidine rings is 1. The van der Waals surface area contributed by atoms with Gasteiger partial charge in [-0.25, -0.2) is 0 Å². The predicted octanol–water partition coefficient (Wildman–Crippen LogP) is 2.05. The molecule has 0 radical (unpaired) electrons. The summed E-state index contributed by atoms with van der Waals surface area (Å²) in [6.07, 6.45) is 0.957. The van der Waals surface area contributed by atoms with Gasteiger partial charge in [-0.1, -0.05) is 30.3 Å². The molecule has 21 heavy (non-hydrogen) atoms. The number of nitrogens with one attached hydrogen (secondary N) is 1. The van der Waals surface area contributed by atoms with Gasteiger partial charge in [-0.3, -0.25) is 4.79 Å². The molecular weight excluding hydrogens is 264 g/mol. The standard InChI is InChI=1S/C17H26N2O2/c1-4-21-16(20)17(2)13-19(3)11-10-15(17)18-12-14-8-6-5-7-9-14/h5-9,15,18H,4,10-13H2,1-3H3. The lowest BCUT2D eigenvalue weighted by molar-refractivity contribution is -0.159. The van der Waals surface area contributed by atoms with Crippen LogP contribution in [0, 0.1) is 5.41 Å². The quantitative estimate of drug-likeness (QED) is 0.843. The Balaban J connectivity index is 2.06. The van der Waals surface area contributed by atoms with Gasteiger partial charge in [-0.15, -0.1) is 0 Å². The molecule has 0 spiro atoms. The fourth-order valence-electron chi connectivity index (χ4n) is 3.09. The molecule has 2 unspecified atom stereocenters. The number of benzene rings is 1. The highest BCUT2D eigenvalue weighted by atomic mass is 16.5. The fraction of sp³-hybridized carbons (Fsp3) is 0.588. The van der Waals surface area contributed by atoms with Crippen LogP contribution in [-0.4, -0.2) is 43.7 Å². The number of carbonyl (C=O) groups is 1. The number of carbonyl (C=O) groups excluding carboxylic acids is 1. The van der Waals surface area contributed by atoms with Gasteiger partial charge in [0.1, 0.15) is 0 Å². The zero-order chi connectivity index (χ0) is 15.3. The van der Waals surface area contributed by atoms with E-state index in [9.17, 15) is 4.79 Å². The van der Waals surface area contributed by atoms with E-state index >= 15 is 0 Å². The van der Waals surface area contributed by atoms with Crippen LogP contribution in [-0.2, 0) is 16.1 Å². The molecule has 0 amide bonds. The fourth-order valence-corrected chi connectivity index (χ4v) is 3.09. The molecule has 2 rings (SSSR count). The summed E-state index contributed by atoms with van der Waals surface area (Å²) in [5.41, 5.74) is 0.750. The van der Waals surface area contributed by atoms with E-state index < -0.39 is 5.41 Å². The van der Waals surface area contributed by atoms with Crippen molar-refractivity contribution in [1.29, 1.82) is 0 Å². The lowest BCUT2D eigenvalue weighted by atomic mass is 9.77. The minimum atomic E-state index is -0.488. The van der Waals surface area contributed by atoms with Crippen LogP contribution in [0.5, 0.6) is 0 Å². The molecule has 2 atom stereocenters. The molecule has 1 fully saturated rings. The third-order valence-corrected chi connectivity index (χ3v) is 4.30. The molecule has 0 saturated carbocycles. The van der Waals surface area contributed by atoms with Crippen LogP contribution in [0.2, 0.25) is 0 Å². The average molecular weight is 290 g/mol. The highest BCUT2D eigenvalue weighted by Gasteiger charge is 2.45. The van der Waals surface area contributed by atoms with Gasteiger partial charge >= 0.3 is 5.97 Å². The van der Waals surface area contributed by atoms with Gasteiger partial charge in [0.15, 0.2) is 0 Å². The van der Waals surface area contributed by atoms with Gasteiger partial charge in [0.2, 0.25) is 0 Å². The van der Waals surface area contributed by atoms with Crippen molar-refractivity contribution < 1.29 is 9.53 Å². The second kappa shape index (κ2) is 7.05. The molecule has 1 aliphatic rings. The van der Waals surface area contributed by atoms with Crippen LogP contribution in [0.3, 0.4) is 0 Å². The van der Waals surface area contributed by atoms with Crippen molar-refractivity contribution in [2.75, 3.05) is 26.7 Å². The number of ether oxygens (including phenoxy) is 1. The van der Waals surface area contributed by atoms with Crippen molar-refractivity contribution >= 4 is 5.97 Å². The molecule has 1 aromatic rings. The molecule has 1 aromatic carbocycles. The molecule has 1 aliphatic heterocycles. The predicted molar refractivity (Wildman–Crippen MR) is 83.9 cm³/mol. The maximum Gasteiger partial charge on any atom is 0.314 e. The minimum absolute atomic E-state index is 0.0953. The summed E-state index contributed by atoms with van der Waals surface area (Å²) in [5, 5.41) is 3.56. The summed E-state index contributed by atoms with van der Waals surface area (Å²) in [5.74, 6) is -0.0953. The summed E-state index contributed by atoms with van der Waals surface area (Å²) >= 11 is 0. The van der Waals surface area contributed by atoms with Crippen molar-refractivity contribution in [3.8, 4) is 0 Å². The van der Waals surface area contributed by atoms with Crippen molar-refractivity contribution in [3.63, 3.8) is 0 Å². The van der Waals surface area contributed by atoms with Gasteiger partial charge in [-0.2, -0.15) is 0 Å². The van der Waals surface area contributed by atoms with Crippen LogP contribution < -0.4 is 5.32 Å². The van der Waals surface area contributed by atoms with Gasteiger partial charge in [0.05, 0.1) is 12.0 Å². The zero-order valence-electron chi connectivity index (χ0n) is 13.3. The number of rotatable bonds is 5. The highest BCUT2D eigenvalue weighted by molar-refractivity contribution is 5.78. The molecule has 0 aliphatic carbocycles. The van der Waals surface area contributed by atoms with E-state index in [1.54, 1.807) is 0 Å². The first kappa shape index (κ1) is 16.0. The molecule has 1 heterocycles. The van der Waals surface area contributed by atoms with Crippen LogP contribution in [0.25, 0.3) is 0 Å². The van der Waals surface area contributed by atoms with Gasteiger partial charge in [0.25, 0.3) is 0 Å². The van der Waals surface area contributed by atoms with Crippen molar-refractivity contribution in [2.24, 2.45) is 5.41 Å². The molecule has 4 nitrogen and oxygen atoms in total. The van der Waals surface area contributed by atoms with E-state index in [4.69, 9.17) is 4.74 Å². The molecule has 0 aromatic heterocycles. The third kappa shape index (κ3) is 3.83. The normalized spacial score (nSPS) is 26.5. The first-order valence-corrected chi connectivity index (χ1v) is 7.69. The molecule has 1 N–H and O–H groups in total. The Bertz CT molecular complexity index is 463. The van der Waals surface area contributed by atoms with Crippen molar-refractivity contribution in [3.05, 3.63) is 35.9 Å². The maximum atomic E-state index is 12.4. The third-order valence-electron chi connectivity index (χ3n) is 4.30. The lowest BCUT2D eigenvalue weighted by Crippen LogP contribution is -2.58. The number of likely N-dealkylation sites (tertiary alicyclic amines) is 1. The molecular formula is C17H26N2O2. The second-order valence-corrected chi connectivity index (χ2v) is 6.08. The van der Waals surface area contributed by atoms with Crippen LogP contribution in [0.1, 0.15) is 25.8 Å². The Morgan fingerprint density at radius 1 is 1.43 bits per heavy atom. The first-order valence-electron chi connectivity index (χ1n) is 7.69. The molecule has 116 valence electrons. The Morgan fingerprint density at radius 3 is 2.81 bits per heavy atom. The SMILES string of the molecule is CCOC(=O)C1(C)CN(C)CCC1NCc1ccccc1. The molecule has 1 saturated heterocycles. The van der Waals surface area contributed by atoms with Crippen LogP contribution in [0.4, 0.5) is 0 Å². The van der Waals surface area contributed by atoms with Gasteiger partial charge < -0.3 is 15.0 Å². The molecule has 4 heteroatoms. The van der Waals surface area contributed by atoms with Crippen molar-refractivity contribution in [2.45, 2.75) is 32.9 Å². The zero-order valence-corrected chi connectivity index (χ0v) is 13.3. The largest absolute Gasteiger partial charge is 0.465 e. The number of hydrogen-bond donors (Lipinski definition) is 1. The topological polar surface area (TPSA) is 41.6 Å². The highest BCUT2D eigenvalue weighted by Crippen LogP contribution is 2.31. The summed E-state index contributed by atoms with van der Waals surface area (Å²) in [6.45, 7) is 6.83. The summed E-state index contributed by atoms with van der Waals surface area (Å²) < 4.78 is 5.31. The number of esters is 1. The van der Waals surface area contributed by atoms with E-state index in [1.807, 2.05) is 32.0 Å². The summed E-state index contributed by atoms with van der Waals surface area (Å²) in [7, 11) is 2.06. The van der Waals surface area contributed by atoms with Crippen molar-refractivity contribution in [1.82, 2.24) is 10.2 Å². The van der Waals surface area contributed by atoms with E-state index in [0.717, 1.165) is 26.1 Å². The smallest absolute Gasteiger partial charge is 0.314 e. The van der Waals surface area contributed by atoms with Crippen LogP contribution in [0.15, 0.2) is 30.3 Å².